The highest BCUT2D eigenvalue weighted by atomic mass is 16.3. The minimum atomic E-state index is -0.250. The second kappa shape index (κ2) is 10.2. The Labute approximate surface area is 192 Å². The number of aromatic nitrogens is 6. The predicted molar refractivity (Wildman–Crippen MR) is 125 cm³/mol. The summed E-state index contributed by atoms with van der Waals surface area (Å²) in [4.78, 5) is 17.6. The summed E-state index contributed by atoms with van der Waals surface area (Å²) >= 11 is 0. The van der Waals surface area contributed by atoms with Crippen LogP contribution in [0.25, 0.3) is 33.6 Å². The molecule has 0 spiro atoms. The summed E-state index contributed by atoms with van der Waals surface area (Å²) in [6, 6.07) is 9.21. The Morgan fingerprint density at radius 1 is 1.00 bits per heavy atom. The summed E-state index contributed by atoms with van der Waals surface area (Å²) in [5, 5.41) is 19.2. The van der Waals surface area contributed by atoms with Gasteiger partial charge >= 0.3 is 0 Å². The van der Waals surface area contributed by atoms with Gasteiger partial charge in [-0.15, -0.1) is 0 Å². The number of nitrogens with zero attached hydrogens (tertiary/aromatic N) is 6. The van der Waals surface area contributed by atoms with Crippen LogP contribution >= 0.6 is 0 Å². The third kappa shape index (κ3) is 5.32. The number of nitrogens with one attached hydrogen (secondary N) is 1. The van der Waals surface area contributed by atoms with Crippen molar-refractivity contribution < 1.29 is 9.90 Å². The summed E-state index contributed by atoms with van der Waals surface area (Å²) in [5.41, 5.74) is 5.20. The molecule has 1 fully saturated rings. The van der Waals surface area contributed by atoms with Crippen molar-refractivity contribution in [3.8, 4) is 33.6 Å². The molecule has 0 aliphatic carbocycles. The van der Waals surface area contributed by atoms with Gasteiger partial charge in [-0.3, -0.25) is 14.2 Å². The number of hydrogen-bond donors (Lipinski definition) is 2. The molecule has 0 unspecified atom stereocenters. The second-order valence-corrected chi connectivity index (χ2v) is 8.13. The average Bonchev–Trinajstić information content (AvgIpc) is 3.50. The number of benzene rings is 1. The van der Waals surface area contributed by atoms with E-state index in [1.54, 1.807) is 4.68 Å². The van der Waals surface area contributed by atoms with Gasteiger partial charge in [0.2, 0.25) is 0 Å². The molecule has 0 saturated carbocycles. The van der Waals surface area contributed by atoms with Gasteiger partial charge in [-0.1, -0.05) is 18.2 Å². The van der Waals surface area contributed by atoms with Crippen LogP contribution in [0.1, 0.15) is 25.8 Å². The monoisotopic (exact) mass is 445 g/mol. The molecule has 0 amide bonds. The Balaban J connectivity index is 0.000000821. The highest BCUT2D eigenvalue weighted by molar-refractivity contribution is 5.70. The molecule has 1 aliphatic rings. The van der Waals surface area contributed by atoms with Crippen LogP contribution in [0.2, 0.25) is 0 Å². The molecule has 1 aromatic carbocycles. The SMILES string of the molecule is C[C@@H]1C[C@H](n2cc(-c3cnc(-c4cccc(-c5cnn(C)c5)c4)nc3)cn2)CCN1.O=CO. The fourth-order valence-electron chi connectivity index (χ4n) is 4.07. The largest absolute Gasteiger partial charge is 0.483 e. The molecular weight excluding hydrogens is 418 g/mol. The van der Waals surface area contributed by atoms with Crippen molar-refractivity contribution in [2.24, 2.45) is 7.05 Å². The molecule has 3 aromatic heterocycles. The van der Waals surface area contributed by atoms with Crippen LogP contribution in [0.3, 0.4) is 0 Å². The van der Waals surface area contributed by atoms with E-state index < -0.39 is 0 Å². The zero-order valence-corrected chi connectivity index (χ0v) is 18.7. The van der Waals surface area contributed by atoms with E-state index in [9.17, 15) is 0 Å². The van der Waals surface area contributed by atoms with Gasteiger partial charge in [-0.2, -0.15) is 10.2 Å². The molecule has 2 atom stereocenters. The first-order valence-corrected chi connectivity index (χ1v) is 10.8. The molecule has 0 bridgehead atoms. The summed E-state index contributed by atoms with van der Waals surface area (Å²) in [7, 11) is 1.92. The van der Waals surface area contributed by atoms with E-state index in [0.29, 0.717) is 17.9 Å². The number of piperidine rings is 1. The number of rotatable bonds is 4. The molecule has 2 N–H and O–H groups in total. The lowest BCUT2D eigenvalue weighted by atomic mass is 10.0. The Morgan fingerprint density at radius 2 is 1.70 bits per heavy atom. The molecule has 1 saturated heterocycles. The zero-order chi connectivity index (χ0) is 23.2. The van der Waals surface area contributed by atoms with Crippen LogP contribution in [-0.4, -0.2) is 53.7 Å². The number of aryl methyl sites for hydroxylation is 1. The fraction of sp³-hybridized carbons (Fsp3) is 0.292. The molecule has 170 valence electrons. The second-order valence-electron chi connectivity index (χ2n) is 8.13. The van der Waals surface area contributed by atoms with E-state index in [2.05, 4.69) is 55.4 Å². The highest BCUT2D eigenvalue weighted by Gasteiger charge is 2.20. The van der Waals surface area contributed by atoms with Gasteiger partial charge in [0, 0.05) is 60.1 Å². The molecule has 1 aliphatic heterocycles. The summed E-state index contributed by atoms with van der Waals surface area (Å²) in [6.45, 7) is 3.02. The van der Waals surface area contributed by atoms with Gasteiger partial charge in [-0.05, 0) is 37.9 Å². The van der Waals surface area contributed by atoms with E-state index in [1.807, 2.05) is 50.2 Å². The first-order valence-electron chi connectivity index (χ1n) is 10.8. The van der Waals surface area contributed by atoms with Crippen molar-refractivity contribution in [3.05, 3.63) is 61.4 Å². The normalized spacial score (nSPS) is 17.8. The van der Waals surface area contributed by atoms with Crippen LogP contribution in [0, 0.1) is 0 Å². The van der Waals surface area contributed by atoms with Gasteiger partial charge in [0.05, 0.1) is 18.4 Å². The van der Waals surface area contributed by atoms with Crippen molar-refractivity contribution in [1.29, 1.82) is 0 Å². The van der Waals surface area contributed by atoms with E-state index in [4.69, 9.17) is 9.90 Å². The topological polar surface area (TPSA) is 111 Å². The standard InChI is InChI=1S/C23H25N7.CH2O2/c1-16-8-22(6-7-24-16)30-15-21(13-28-30)19-10-25-23(26-11-19)18-5-3-4-17(9-18)20-12-27-29(2)14-20;2-1-3/h3-5,9-16,22,24H,6-8H2,1-2H3;1H,(H,2,3)/t16-,22-;/m1./s1. The van der Waals surface area contributed by atoms with Crippen LogP contribution < -0.4 is 5.32 Å². The van der Waals surface area contributed by atoms with E-state index >= 15 is 0 Å². The van der Waals surface area contributed by atoms with Crippen LogP contribution in [0.5, 0.6) is 0 Å². The minimum Gasteiger partial charge on any atom is -0.483 e. The van der Waals surface area contributed by atoms with Crippen molar-refractivity contribution in [3.63, 3.8) is 0 Å². The van der Waals surface area contributed by atoms with Gasteiger partial charge in [0.1, 0.15) is 0 Å². The van der Waals surface area contributed by atoms with Crippen LogP contribution in [0.15, 0.2) is 61.4 Å². The van der Waals surface area contributed by atoms with Gasteiger partial charge < -0.3 is 10.4 Å². The van der Waals surface area contributed by atoms with E-state index in [1.165, 1.54) is 0 Å². The first-order chi connectivity index (χ1) is 16.1. The van der Waals surface area contributed by atoms with Gasteiger partial charge in [-0.25, -0.2) is 9.97 Å². The Kier molecular flexibility index (Phi) is 6.89. The number of carboxylic acid groups (broad SMARTS) is 1. The maximum Gasteiger partial charge on any atom is 0.290 e. The maximum absolute atomic E-state index is 8.36. The van der Waals surface area contributed by atoms with Crippen LogP contribution in [0.4, 0.5) is 0 Å². The van der Waals surface area contributed by atoms with Crippen LogP contribution in [-0.2, 0) is 11.8 Å². The fourth-order valence-corrected chi connectivity index (χ4v) is 4.07. The van der Waals surface area contributed by atoms with Crippen molar-refractivity contribution in [2.45, 2.75) is 31.8 Å². The predicted octanol–water partition coefficient (Wildman–Crippen LogP) is 3.42. The Bertz CT molecular complexity index is 1200. The summed E-state index contributed by atoms with van der Waals surface area (Å²) in [5.74, 6) is 0.712. The Hall–Kier alpha value is -3.85. The quantitative estimate of drug-likeness (QED) is 0.463. The number of hydrogen-bond acceptors (Lipinski definition) is 6. The molecule has 5 rings (SSSR count). The maximum atomic E-state index is 8.36. The Morgan fingerprint density at radius 3 is 2.39 bits per heavy atom. The lowest BCUT2D eigenvalue weighted by molar-refractivity contribution is -0.122. The minimum absolute atomic E-state index is 0.250. The smallest absolute Gasteiger partial charge is 0.290 e. The summed E-state index contributed by atoms with van der Waals surface area (Å²) < 4.78 is 3.90. The van der Waals surface area contributed by atoms with E-state index in [-0.39, 0.29) is 6.47 Å². The average molecular weight is 446 g/mol. The molecule has 9 nitrogen and oxygen atoms in total. The molecule has 9 heteroatoms. The summed E-state index contributed by atoms with van der Waals surface area (Å²) in [6.07, 6.45) is 13.9. The van der Waals surface area contributed by atoms with Gasteiger partial charge in [0.25, 0.3) is 6.47 Å². The lowest BCUT2D eigenvalue weighted by Gasteiger charge is -2.28. The molecule has 33 heavy (non-hydrogen) atoms. The zero-order valence-electron chi connectivity index (χ0n) is 18.7. The van der Waals surface area contributed by atoms with Crippen molar-refractivity contribution in [2.75, 3.05) is 6.54 Å². The van der Waals surface area contributed by atoms with Crippen molar-refractivity contribution in [1.82, 2.24) is 34.8 Å². The molecular formula is C24H27N7O2. The third-order valence-electron chi connectivity index (χ3n) is 5.72. The van der Waals surface area contributed by atoms with E-state index in [0.717, 1.165) is 47.2 Å². The first kappa shape index (κ1) is 22.3. The molecule has 4 aromatic rings. The highest BCUT2D eigenvalue weighted by Crippen LogP contribution is 2.27. The lowest BCUT2D eigenvalue weighted by Crippen LogP contribution is -2.36. The van der Waals surface area contributed by atoms with Crippen molar-refractivity contribution >= 4 is 6.47 Å². The number of carbonyl (C=O) groups is 1. The third-order valence-corrected chi connectivity index (χ3v) is 5.72. The molecule has 0 radical (unpaired) electrons. The van der Waals surface area contributed by atoms with Gasteiger partial charge in [0.15, 0.2) is 5.82 Å². The molecule has 4 heterocycles.